The van der Waals surface area contributed by atoms with Gasteiger partial charge in [-0.05, 0) is 49.2 Å². The molecule has 1 aliphatic heterocycles. The number of benzene rings is 2. The molecule has 4 rings (SSSR count). The van der Waals surface area contributed by atoms with Crippen molar-refractivity contribution in [2.45, 2.75) is 19.4 Å². The van der Waals surface area contributed by atoms with E-state index in [9.17, 15) is 4.79 Å². The van der Waals surface area contributed by atoms with Crippen LogP contribution >= 0.6 is 0 Å². The number of nitrogens with zero attached hydrogens (tertiary/aromatic N) is 2. The molecular formula is C25H28N4O2. The van der Waals surface area contributed by atoms with Gasteiger partial charge in [-0.3, -0.25) is 14.8 Å². The lowest BCUT2D eigenvalue weighted by molar-refractivity contribution is -0.121. The average Bonchev–Trinajstić information content (AvgIpc) is 3.34. The van der Waals surface area contributed by atoms with Crippen LogP contribution < -0.4 is 10.1 Å². The van der Waals surface area contributed by atoms with Gasteiger partial charge in [0.05, 0.1) is 11.6 Å². The van der Waals surface area contributed by atoms with Gasteiger partial charge in [-0.25, -0.2) is 0 Å². The number of H-pyrrole nitrogens is 1. The van der Waals surface area contributed by atoms with Crippen LogP contribution in [0.15, 0.2) is 73.4 Å². The minimum atomic E-state index is -0.0257. The number of hydrogen-bond donors (Lipinski definition) is 2. The molecule has 2 N–H and O–H groups in total. The summed E-state index contributed by atoms with van der Waals surface area (Å²) in [6, 6.07) is 17.8. The number of ether oxygens (including phenoxy) is 1. The highest BCUT2D eigenvalue weighted by molar-refractivity contribution is 5.93. The molecule has 0 bridgehead atoms. The van der Waals surface area contributed by atoms with Crippen LogP contribution in [0, 0.1) is 5.92 Å². The van der Waals surface area contributed by atoms with Crippen LogP contribution in [0.4, 0.5) is 5.69 Å². The van der Waals surface area contributed by atoms with E-state index in [1.165, 1.54) is 0 Å². The van der Waals surface area contributed by atoms with Gasteiger partial charge in [0, 0.05) is 30.5 Å². The zero-order valence-corrected chi connectivity index (χ0v) is 17.6. The number of carbonyl (C=O) groups is 1. The van der Waals surface area contributed by atoms with E-state index < -0.39 is 0 Å². The Bertz CT molecular complexity index is 999. The maximum absolute atomic E-state index is 12.9. The van der Waals surface area contributed by atoms with Crippen molar-refractivity contribution >= 4 is 11.6 Å². The molecule has 0 saturated carbocycles. The molecule has 0 spiro atoms. The maximum atomic E-state index is 12.9. The molecular weight excluding hydrogens is 388 g/mol. The molecule has 160 valence electrons. The molecule has 2 aromatic carbocycles. The van der Waals surface area contributed by atoms with E-state index in [-0.39, 0.29) is 11.8 Å². The molecule has 1 aromatic heterocycles. The number of rotatable bonds is 8. The number of likely N-dealkylation sites (tertiary alicyclic amines) is 1. The highest BCUT2D eigenvalue weighted by atomic mass is 16.5. The summed E-state index contributed by atoms with van der Waals surface area (Å²) < 4.78 is 5.79. The number of para-hydroxylation sites is 1. The zero-order chi connectivity index (χ0) is 21.5. The molecule has 6 nitrogen and oxygen atoms in total. The maximum Gasteiger partial charge on any atom is 0.228 e. The number of hydrogen-bond acceptors (Lipinski definition) is 4. The van der Waals surface area contributed by atoms with Crippen molar-refractivity contribution in [1.29, 1.82) is 0 Å². The minimum Gasteiger partial charge on any atom is -0.489 e. The van der Waals surface area contributed by atoms with Crippen LogP contribution in [0.2, 0.25) is 0 Å². The van der Waals surface area contributed by atoms with Crippen molar-refractivity contribution in [2.24, 2.45) is 5.92 Å². The van der Waals surface area contributed by atoms with Gasteiger partial charge in [0.15, 0.2) is 0 Å². The van der Waals surface area contributed by atoms with Crippen LogP contribution in [0.25, 0.3) is 11.3 Å². The lowest BCUT2D eigenvalue weighted by Crippen LogP contribution is -2.40. The van der Waals surface area contributed by atoms with Gasteiger partial charge >= 0.3 is 0 Å². The number of nitrogens with one attached hydrogen (secondary N) is 2. The Morgan fingerprint density at radius 2 is 2.06 bits per heavy atom. The van der Waals surface area contributed by atoms with Crippen molar-refractivity contribution in [2.75, 3.05) is 25.0 Å². The fourth-order valence-corrected chi connectivity index (χ4v) is 3.97. The summed E-state index contributed by atoms with van der Waals surface area (Å²) in [4.78, 5) is 15.2. The predicted molar refractivity (Wildman–Crippen MR) is 123 cm³/mol. The topological polar surface area (TPSA) is 70.2 Å². The summed E-state index contributed by atoms with van der Waals surface area (Å²) >= 11 is 0. The summed E-state index contributed by atoms with van der Waals surface area (Å²) in [5, 5.41) is 10.0. The molecule has 0 radical (unpaired) electrons. The van der Waals surface area contributed by atoms with E-state index in [4.69, 9.17) is 4.74 Å². The lowest BCUT2D eigenvalue weighted by atomic mass is 9.96. The minimum absolute atomic E-state index is 0.0257. The monoisotopic (exact) mass is 416 g/mol. The second-order valence-corrected chi connectivity index (χ2v) is 7.82. The third-order valence-corrected chi connectivity index (χ3v) is 5.56. The third-order valence-electron chi connectivity index (χ3n) is 5.56. The van der Waals surface area contributed by atoms with Gasteiger partial charge in [-0.2, -0.15) is 5.10 Å². The Hall–Kier alpha value is -3.38. The Morgan fingerprint density at radius 3 is 2.84 bits per heavy atom. The number of aromatic nitrogens is 2. The number of carbonyl (C=O) groups excluding carboxylic acids is 1. The fourth-order valence-electron chi connectivity index (χ4n) is 3.97. The van der Waals surface area contributed by atoms with Gasteiger partial charge in [0.25, 0.3) is 0 Å². The molecule has 1 saturated heterocycles. The van der Waals surface area contributed by atoms with E-state index in [1.807, 2.05) is 48.5 Å². The summed E-state index contributed by atoms with van der Waals surface area (Å²) in [5.74, 6) is 0.934. The number of anilines is 1. The van der Waals surface area contributed by atoms with Crippen molar-refractivity contribution in [3.63, 3.8) is 0 Å². The van der Waals surface area contributed by atoms with Crippen LogP contribution in [-0.4, -0.2) is 40.7 Å². The Balaban J connectivity index is 1.35. The molecule has 1 fully saturated rings. The van der Waals surface area contributed by atoms with Crippen molar-refractivity contribution in [3.05, 3.63) is 79.0 Å². The average molecular weight is 417 g/mol. The molecule has 1 amide bonds. The van der Waals surface area contributed by atoms with Crippen molar-refractivity contribution in [3.8, 4) is 17.0 Å². The molecule has 31 heavy (non-hydrogen) atoms. The number of piperidine rings is 1. The molecule has 1 aliphatic rings. The first kappa shape index (κ1) is 20.9. The Labute approximate surface area is 182 Å². The zero-order valence-electron chi connectivity index (χ0n) is 17.6. The smallest absolute Gasteiger partial charge is 0.228 e. The second kappa shape index (κ2) is 10.1. The largest absolute Gasteiger partial charge is 0.489 e. The standard InChI is InChI=1S/C25H28N4O2/c1-2-16-31-24-8-4-3-6-20(24)17-29-15-5-7-21(18-29)25(30)27-22-11-9-19(10-12-22)23-13-14-26-28-23/h2-4,6,8-14,21H,1,5,7,15-18H2,(H,26,28)(H,27,30)/t21-/m1/s1. The third kappa shape index (κ3) is 5.41. The quantitative estimate of drug-likeness (QED) is 0.531. The van der Waals surface area contributed by atoms with Gasteiger partial charge in [-0.1, -0.05) is 43.0 Å². The highest BCUT2D eigenvalue weighted by Gasteiger charge is 2.26. The first-order chi connectivity index (χ1) is 15.2. The number of amides is 1. The van der Waals surface area contributed by atoms with Crippen LogP contribution in [0.1, 0.15) is 18.4 Å². The lowest BCUT2D eigenvalue weighted by Gasteiger charge is -2.32. The summed E-state index contributed by atoms with van der Waals surface area (Å²) in [5.41, 5.74) is 3.95. The van der Waals surface area contributed by atoms with Crippen LogP contribution in [0.5, 0.6) is 5.75 Å². The van der Waals surface area contributed by atoms with E-state index >= 15 is 0 Å². The molecule has 6 heteroatoms. The van der Waals surface area contributed by atoms with Gasteiger partial charge in [0.2, 0.25) is 5.91 Å². The van der Waals surface area contributed by atoms with Crippen LogP contribution in [0.3, 0.4) is 0 Å². The van der Waals surface area contributed by atoms with Gasteiger partial charge < -0.3 is 10.1 Å². The summed E-state index contributed by atoms with van der Waals surface area (Å²) in [6.07, 6.45) is 5.39. The van der Waals surface area contributed by atoms with Gasteiger partial charge in [0.1, 0.15) is 12.4 Å². The Kier molecular flexibility index (Phi) is 6.79. The normalized spacial score (nSPS) is 16.6. The molecule has 1 atom stereocenters. The van der Waals surface area contributed by atoms with E-state index in [1.54, 1.807) is 12.3 Å². The first-order valence-corrected chi connectivity index (χ1v) is 10.7. The van der Waals surface area contributed by atoms with Crippen LogP contribution in [-0.2, 0) is 11.3 Å². The number of aromatic amines is 1. The summed E-state index contributed by atoms with van der Waals surface area (Å²) in [6.45, 7) is 6.71. The second-order valence-electron chi connectivity index (χ2n) is 7.82. The molecule has 2 heterocycles. The fraction of sp³-hybridized carbons (Fsp3) is 0.280. The highest BCUT2D eigenvalue weighted by Crippen LogP contribution is 2.25. The Morgan fingerprint density at radius 1 is 1.23 bits per heavy atom. The molecule has 3 aromatic rings. The predicted octanol–water partition coefficient (Wildman–Crippen LogP) is 4.49. The van der Waals surface area contributed by atoms with E-state index in [0.717, 1.165) is 60.7 Å². The first-order valence-electron chi connectivity index (χ1n) is 10.7. The van der Waals surface area contributed by atoms with Crippen molar-refractivity contribution in [1.82, 2.24) is 15.1 Å². The molecule has 0 unspecified atom stereocenters. The molecule has 0 aliphatic carbocycles. The van der Waals surface area contributed by atoms with Gasteiger partial charge in [-0.15, -0.1) is 0 Å². The van der Waals surface area contributed by atoms with E-state index in [2.05, 4.69) is 33.1 Å². The summed E-state index contributed by atoms with van der Waals surface area (Å²) in [7, 11) is 0. The van der Waals surface area contributed by atoms with E-state index in [0.29, 0.717) is 6.61 Å². The van der Waals surface area contributed by atoms with Crippen molar-refractivity contribution < 1.29 is 9.53 Å². The SMILES string of the molecule is C=CCOc1ccccc1CN1CCC[C@@H](C(=O)Nc2ccc(-c3ccn[nH]3)cc2)C1.